The van der Waals surface area contributed by atoms with Crippen molar-refractivity contribution in [3.05, 3.63) is 36.9 Å². The van der Waals surface area contributed by atoms with Crippen molar-refractivity contribution < 1.29 is 9.47 Å². The molecule has 0 amide bonds. The van der Waals surface area contributed by atoms with E-state index in [9.17, 15) is 0 Å². The first kappa shape index (κ1) is 15.9. The number of thioether (sulfide) groups is 6. The van der Waals surface area contributed by atoms with Gasteiger partial charge in [0.2, 0.25) is 10.2 Å². The maximum absolute atomic E-state index is 5.69. The molecule has 0 spiro atoms. The molecule has 1 fully saturated rings. The predicted molar refractivity (Wildman–Crippen MR) is 109 cm³/mol. The van der Waals surface area contributed by atoms with E-state index in [1.807, 2.05) is 47.0 Å². The van der Waals surface area contributed by atoms with Crippen molar-refractivity contribution in [2.75, 3.05) is 13.2 Å². The van der Waals surface area contributed by atoms with Gasteiger partial charge >= 0.3 is 0 Å². The molecular formula is C15H14O2S6. The van der Waals surface area contributed by atoms with Gasteiger partial charge in [-0.3, -0.25) is 0 Å². The summed E-state index contributed by atoms with van der Waals surface area (Å²) in [5.41, 5.74) is 1.71. The van der Waals surface area contributed by atoms with Crippen LogP contribution >= 0.6 is 70.6 Å². The van der Waals surface area contributed by atoms with Crippen LogP contribution in [0, 0.1) is 0 Å². The van der Waals surface area contributed by atoms with Crippen molar-refractivity contribution in [1.29, 1.82) is 0 Å². The summed E-state index contributed by atoms with van der Waals surface area (Å²) in [5.74, 6) is 0. The Balaban J connectivity index is 1.29. The second-order valence-corrected chi connectivity index (χ2v) is 12.8. The quantitative estimate of drug-likeness (QED) is 0.412. The van der Waals surface area contributed by atoms with E-state index < -0.39 is 0 Å². The highest BCUT2D eigenvalue weighted by atomic mass is 32.3. The predicted octanol–water partition coefficient (Wildman–Crippen LogP) is 7.03. The zero-order chi connectivity index (χ0) is 15.2. The highest BCUT2D eigenvalue weighted by Gasteiger charge is 2.37. The molecule has 0 atom stereocenters. The van der Waals surface area contributed by atoms with E-state index in [1.165, 1.54) is 49.1 Å². The van der Waals surface area contributed by atoms with E-state index in [-0.39, 0.29) is 0 Å². The molecule has 0 bridgehead atoms. The summed E-state index contributed by atoms with van der Waals surface area (Å²) in [6.07, 6.45) is 6.80. The maximum atomic E-state index is 5.69. The monoisotopic (exact) mass is 418 g/mol. The number of hydrogen-bond donors (Lipinski definition) is 0. The molecule has 122 valence electrons. The zero-order valence-corrected chi connectivity index (χ0v) is 17.1. The van der Waals surface area contributed by atoms with Crippen molar-refractivity contribution >= 4 is 70.6 Å². The first-order valence-corrected chi connectivity index (χ1v) is 12.5. The Morgan fingerprint density at radius 2 is 1.00 bits per heavy atom. The van der Waals surface area contributed by atoms with E-state index in [0.717, 1.165) is 10.2 Å². The number of ether oxygens (including phenoxy) is 2. The highest BCUT2D eigenvalue weighted by molar-refractivity contribution is 8.49. The summed E-state index contributed by atoms with van der Waals surface area (Å²) in [6, 6.07) is 0. The Labute approximate surface area is 161 Å². The molecule has 1 saturated carbocycles. The number of hydrogen-bond acceptors (Lipinski definition) is 8. The molecule has 0 unspecified atom stereocenters. The molecule has 1 aliphatic carbocycles. The molecule has 0 N–H and O–H groups in total. The Bertz CT molecular complexity index is 640. The van der Waals surface area contributed by atoms with Gasteiger partial charge in [-0.05, 0) is 54.8 Å². The molecule has 5 aliphatic rings. The van der Waals surface area contributed by atoms with Crippen LogP contribution in [0.5, 0.6) is 0 Å². The van der Waals surface area contributed by atoms with Crippen LogP contribution in [-0.2, 0) is 9.47 Å². The van der Waals surface area contributed by atoms with Gasteiger partial charge in [-0.2, -0.15) is 0 Å². The van der Waals surface area contributed by atoms with Crippen molar-refractivity contribution in [3.63, 3.8) is 0 Å². The lowest BCUT2D eigenvalue weighted by Crippen LogP contribution is -2.08. The van der Waals surface area contributed by atoms with E-state index in [4.69, 9.17) is 9.47 Å². The van der Waals surface area contributed by atoms with Crippen LogP contribution in [0.3, 0.4) is 0 Å². The Hall–Kier alpha value is 0.660. The molecule has 0 aromatic carbocycles. The Morgan fingerprint density at radius 1 is 0.522 bits per heavy atom. The second-order valence-electron chi connectivity index (χ2n) is 5.49. The summed E-state index contributed by atoms with van der Waals surface area (Å²) in [7, 11) is 0. The van der Waals surface area contributed by atoms with Gasteiger partial charge in [0.05, 0.1) is 21.2 Å². The number of allylic oxidation sites excluding steroid dienone is 1. The molecule has 23 heavy (non-hydrogen) atoms. The average molecular weight is 419 g/mol. The normalized spacial score (nSPS) is 27.5. The molecular weight excluding hydrogens is 405 g/mol. The van der Waals surface area contributed by atoms with Crippen molar-refractivity contribution in [1.82, 2.24) is 0 Å². The maximum Gasteiger partial charge on any atom is 0.208 e. The second kappa shape index (κ2) is 6.76. The molecule has 0 saturated heterocycles. The van der Waals surface area contributed by atoms with Gasteiger partial charge < -0.3 is 9.47 Å². The lowest BCUT2D eigenvalue weighted by Gasteiger charge is -2.16. The van der Waals surface area contributed by atoms with Gasteiger partial charge in [0.1, 0.15) is 13.2 Å². The van der Waals surface area contributed by atoms with Crippen LogP contribution in [0.2, 0.25) is 0 Å². The van der Waals surface area contributed by atoms with Gasteiger partial charge in [0.25, 0.3) is 0 Å². The lowest BCUT2D eigenvalue weighted by atomic mass is 9.96. The third kappa shape index (κ3) is 3.12. The van der Waals surface area contributed by atoms with Crippen LogP contribution in [0.15, 0.2) is 36.9 Å². The summed E-state index contributed by atoms with van der Waals surface area (Å²) in [4.78, 5) is 0. The molecule has 4 heterocycles. The smallest absolute Gasteiger partial charge is 0.208 e. The van der Waals surface area contributed by atoms with Crippen LogP contribution in [-0.4, -0.2) is 13.2 Å². The van der Waals surface area contributed by atoms with Crippen molar-refractivity contribution in [2.45, 2.75) is 32.1 Å². The Morgan fingerprint density at radius 3 is 1.57 bits per heavy atom. The van der Waals surface area contributed by atoms with Crippen LogP contribution in [0.4, 0.5) is 0 Å². The molecule has 8 heteroatoms. The molecule has 2 nitrogen and oxygen atoms in total. The summed E-state index contributed by atoms with van der Waals surface area (Å²) < 4.78 is 18.7. The van der Waals surface area contributed by atoms with Gasteiger partial charge in [0, 0.05) is 0 Å². The van der Waals surface area contributed by atoms with Crippen LogP contribution in [0.1, 0.15) is 32.1 Å². The fourth-order valence-corrected chi connectivity index (χ4v) is 11.9. The summed E-state index contributed by atoms with van der Waals surface area (Å²) in [5, 5.41) is 1.92. The molecule has 5 rings (SSSR count). The van der Waals surface area contributed by atoms with Crippen molar-refractivity contribution in [2.24, 2.45) is 0 Å². The van der Waals surface area contributed by atoms with E-state index in [0.29, 0.717) is 13.2 Å². The fraction of sp³-hybridized carbons (Fsp3) is 0.467. The molecule has 4 aliphatic heterocycles. The SMILES string of the molecule is C1CCC(=C2SC3=C(S2)SC(=C2SC4=C(OCCO4)S2)S3)CC1. The topological polar surface area (TPSA) is 18.5 Å². The zero-order valence-electron chi connectivity index (χ0n) is 12.2. The minimum atomic E-state index is 0.673. The summed E-state index contributed by atoms with van der Waals surface area (Å²) >= 11 is 11.4. The van der Waals surface area contributed by atoms with Crippen LogP contribution < -0.4 is 0 Å². The third-order valence-electron chi connectivity index (χ3n) is 3.91. The third-order valence-corrected chi connectivity index (χ3v) is 12.6. The largest absolute Gasteiger partial charge is 0.480 e. The van der Waals surface area contributed by atoms with Crippen molar-refractivity contribution in [3.8, 4) is 0 Å². The van der Waals surface area contributed by atoms with Gasteiger partial charge in [-0.25, -0.2) is 0 Å². The molecule has 0 aromatic heterocycles. The van der Waals surface area contributed by atoms with E-state index in [2.05, 4.69) is 0 Å². The van der Waals surface area contributed by atoms with Gasteiger partial charge in [0.15, 0.2) is 0 Å². The minimum absolute atomic E-state index is 0.673. The average Bonchev–Trinajstić information content (AvgIpc) is 3.27. The van der Waals surface area contributed by atoms with E-state index in [1.54, 1.807) is 33.3 Å². The van der Waals surface area contributed by atoms with Gasteiger partial charge in [-0.1, -0.05) is 53.5 Å². The fourth-order valence-electron chi connectivity index (χ4n) is 2.80. The van der Waals surface area contributed by atoms with E-state index >= 15 is 0 Å². The number of rotatable bonds is 0. The standard InChI is InChI=1S/C15H14O2S6/c1-2-4-8(5-3-1)11-20-14-15(21-11)23-13(22-14)12-18-9-10(19-12)17-7-6-16-9/h1-7H2. The van der Waals surface area contributed by atoms with Gasteiger partial charge in [-0.15, -0.1) is 0 Å². The minimum Gasteiger partial charge on any atom is -0.480 e. The first-order chi connectivity index (χ1) is 11.4. The highest BCUT2D eigenvalue weighted by Crippen LogP contribution is 2.70. The molecule has 0 radical (unpaired) electrons. The first-order valence-electron chi connectivity index (χ1n) is 7.64. The Kier molecular flexibility index (Phi) is 4.67. The summed E-state index contributed by atoms with van der Waals surface area (Å²) in [6.45, 7) is 1.35. The van der Waals surface area contributed by atoms with Crippen LogP contribution in [0.25, 0.3) is 0 Å². The lowest BCUT2D eigenvalue weighted by molar-refractivity contribution is 0.0949. The molecule has 0 aromatic rings.